The van der Waals surface area contributed by atoms with Gasteiger partial charge in [0.15, 0.2) is 0 Å². The Hall–Kier alpha value is -0.860. The molecule has 0 aliphatic rings. The van der Waals surface area contributed by atoms with Crippen LogP contribution in [-0.2, 0) is 16.1 Å². The summed E-state index contributed by atoms with van der Waals surface area (Å²) in [5.41, 5.74) is 1.22. The Bertz CT molecular complexity index is 418. The molecule has 0 N–H and O–H groups in total. The van der Waals surface area contributed by atoms with E-state index >= 15 is 0 Å². The van der Waals surface area contributed by atoms with Gasteiger partial charge in [0, 0.05) is 6.61 Å². The highest BCUT2D eigenvalue weighted by molar-refractivity contribution is 5.13. The fourth-order valence-corrected chi connectivity index (χ4v) is 3.51. The van der Waals surface area contributed by atoms with Crippen LogP contribution in [0.3, 0.4) is 0 Å². The summed E-state index contributed by atoms with van der Waals surface area (Å²) in [6.45, 7) is 6.62. The van der Waals surface area contributed by atoms with E-state index in [4.69, 9.17) is 9.47 Å². The number of benzene rings is 1. The summed E-state index contributed by atoms with van der Waals surface area (Å²) in [5.74, 6) is 0. The molecule has 1 unspecified atom stereocenters. The summed E-state index contributed by atoms with van der Waals surface area (Å²) in [4.78, 5) is 0. The van der Waals surface area contributed by atoms with Crippen LogP contribution in [-0.4, -0.2) is 19.3 Å². The number of rotatable bonds is 20. The predicted octanol–water partition coefficient (Wildman–Crippen LogP) is 8.09. The molecule has 0 saturated carbocycles. The first-order valence-electron chi connectivity index (χ1n) is 12.1. The van der Waals surface area contributed by atoms with Gasteiger partial charge in [-0.25, -0.2) is 0 Å². The maximum absolute atomic E-state index is 5.83. The van der Waals surface area contributed by atoms with Crippen molar-refractivity contribution in [3.05, 3.63) is 35.9 Å². The number of unbranched alkanes of at least 4 members (excludes halogenated alkanes) is 13. The van der Waals surface area contributed by atoms with Crippen LogP contribution in [0.1, 0.15) is 109 Å². The second-order valence-electron chi connectivity index (χ2n) is 8.28. The third kappa shape index (κ3) is 16.1. The Labute approximate surface area is 175 Å². The summed E-state index contributed by atoms with van der Waals surface area (Å²) >= 11 is 0. The second-order valence-corrected chi connectivity index (χ2v) is 8.28. The van der Waals surface area contributed by atoms with Gasteiger partial charge in [0.2, 0.25) is 0 Å². The van der Waals surface area contributed by atoms with Gasteiger partial charge in [-0.05, 0) is 18.9 Å². The highest BCUT2D eigenvalue weighted by atomic mass is 16.5. The molecule has 0 fully saturated rings. The summed E-state index contributed by atoms with van der Waals surface area (Å²) in [6, 6.07) is 10.3. The van der Waals surface area contributed by atoms with Gasteiger partial charge < -0.3 is 9.47 Å². The van der Waals surface area contributed by atoms with E-state index in [0.717, 1.165) is 6.61 Å². The van der Waals surface area contributed by atoms with Crippen LogP contribution in [0.25, 0.3) is 0 Å². The van der Waals surface area contributed by atoms with E-state index in [1.165, 1.54) is 95.5 Å². The Morgan fingerprint density at radius 1 is 0.679 bits per heavy atom. The molecule has 28 heavy (non-hydrogen) atoms. The first kappa shape index (κ1) is 25.2. The molecule has 1 rings (SSSR count). The van der Waals surface area contributed by atoms with Crippen LogP contribution < -0.4 is 0 Å². The van der Waals surface area contributed by atoms with Crippen LogP contribution in [0, 0.1) is 0 Å². The molecule has 0 aliphatic heterocycles. The lowest BCUT2D eigenvalue weighted by atomic mass is 10.0. The highest BCUT2D eigenvalue weighted by Gasteiger charge is 2.03. The van der Waals surface area contributed by atoms with E-state index in [1.54, 1.807) is 0 Å². The predicted molar refractivity (Wildman–Crippen MR) is 122 cm³/mol. The zero-order valence-corrected chi connectivity index (χ0v) is 18.8. The molecule has 0 aliphatic carbocycles. The van der Waals surface area contributed by atoms with Crippen molar-refractivity contribution in [2.24, 2.45) is 0 Å². The Morgan fingerprint density at radius 2 is 1.18 bits per heavy atom. The molecular formula is C26H46O2. The van der Waals surface area contributed by atoms with Crippen LogP contribution in [0.5, 0.6) is 0 Å². The molecule has 1 aromatic rings. The third-order valence-electron chi connectivity index (χ3n) is 5.37. The standard InChI is InChI=1S/C26H46O2/c1-3-4-5-6-7-8-9-10-11-12-13-14-15-19-22-27-23-25(2)28-24-26-20-17-16-18-21-26/h16-18,20-21,25H,3-15,19,22-24H2,1-2H3. The van der Waals surface area contributed by atoms with Gasteiger partial charge in [0.25, 0.3) is 0 Å². The topological polar surface area (TPSA) is 18.5 Å². The maximum atomic E-state index is 5.83. The summed E-state index contributed by atoms with van der Waals surface area (Å²) < 4.78 is 11.6. The molecule has 1 atom stereocenters. The fraction of sp³-hybridized carbons (Fsp3) is 0.769. The smallest absolute Gasteiger partial charge is 0.0785 e. The molecule has 0 amide bonds. The zero-order chi connectivity index (χ0) is 20.1. The molecular weight excluding hydrogens is 344 g/mol. The van der Waals surface area contributed by atoms with Crippen molar-refractivity contribution >= 4 is 0 Å². The van der Waals surface area contributed by atoms with Gasteiger partial charge in [-0.2, -0.15) is 0 Å². The average Bonchev–Trinajstić information content (AvgIpc) is 2.72. The minimum absolute atomic E-state index is 0.159. The van der Waals surface area contributed by atoms with Crippen LogP contribution in [0.15, 0.2) is 30.3 Å². The lowest BCUT2D eigenvalue weighted by Gasteiger charge is -2.13. The molecule has 0 saturated heterocycles. The van der Waals surface area contributed by atoms with Gasteiger partial charge in [-0.1, -0.05) is 121 Å². The van der Waals surface area contributed by atoms with Crippen LogP contribution >= 0.6 is 0 Å². The van der Waals surface area contributed by atoms with E-state index in [0.29, 0.717) is 13.2 Å². The van der Waals surface area contributed by atoms with E-state index in [-0.39, 0.29) is 6.10 Å². The van der Waals surface area contributed by atoms with Gasteiger partial charge in [0.05, 0.1) is 19.3 Å². The van der Waals surface area contributed by atoms with Crippen molar-refractivity contribution in [3.8, 4) is 0 Å². The van der Waals surface area contributed by atoms with Crippen molar-refractivity contribution < 1.29 is 9.47 Å². The zero-order valence-electron chi connectivity index (χ0n) is 18.8. The Kier molecular flexibility index (Phi) is 17.5. The molecule has 2 nitrogen and oxygen atoms in total. The Balaban J connectivity index is 1.75. The van der Waals surface area contributed by atoms with Crippen molar-refractivity contribution in [2.75, 3.05) is 13.2 Å². The van der Waals surface area contributed by atoms with E-state index < -0.39 is 0 Å². The monoisotopic (exact) mass is 390 g/mol. The van der Waals surface area contributed by atoms with Crippen molar-refractivity contribution in [3.63, 3.8) is 0 Å². The molecule has 0 radical (unpaired) electrons. The molecule has 1 aromatic carbocycles. The van der Waals surface area contributed by atoms with Gasteiger partial charge >= 0.3 is 0 Å². The quantitative estimate of drug-likeness (QED) is 0.209. The van der Waals surface area contributed by atoms with Gasteiger partial charge in [0.1, 0.15) is 0 Å². The first-order chi connectivity index (χ1) is 13.8. The van der Waals surface area contributed by atoms with Gasteiger partial charge in [-0.15, -0.1) is 0 Å². The first-order valence-corrected chi connectivity index (χ1v) is 12.1. The molecule has 0 bridgehead atoms. The minimum Gasteiger partial charge on any atom is -0.379 e. The maximum Gasteiger partial charge on any atom is 0.0785 e. The van der Waals surface area contributed by atoms with Crippen LogP contribution in [0.2, 0.25) is 0 Å². The SMILES string of the molecule is CCCCCCCCCCCCCCCCOCC(C)OCc1ccccc1. The average molecular weight is 391 g/mol. The second kappa shape index (κ2) is 19.5. The molecule has 2 heteroatoms. The number of hydrogen-bond acceptors (Lipinski definition) is 2. The van der Waals surface area contributed by atoms with E-state index in [9.17, 15) is 0 Å². The normalized spacial score (nSPS) is 12.4. The molecule has 0 spiro atoms. The van der Waals surface area contributed by atoms with Crippen molar-refractivity contribution in [1.82, 2.24) is 0 Å². The summed E-state index contributed by atoms with van der Waals surface area (Å²) in [7, 11) is 0. The lowest BCUT2D eigenvalue weighted by molar-refractivity contribution is -0.0155. The van der Waals surface area contributed by atoms with Gasteiger partial charge in [-0.3, -0.25) is 0 Å². The van der Waals surface area contributed by atoms with E-state index in [2.05, 4.69) is 38.1 Å². The molecule has 0 heterocycles. The fourth-order valence-electron chi connectivity index (χ4n) is 3.51. The third-order valence-corrected chi connectivity index (χ3v) is 5.37. The van der Waals surface area contributed by atoms with Crippen LogP contribution in [0.4, 0.5) is 0 Å². The highest BCUT2D eigenvalue weighted by Crippen LogP contribution is 2.13. The minimum atomic E-state index is 0.159. The lowest BCUT2D eigenvalue weighted by Crippen LogP contribution is -2.16. The van der Waals surface area contributed by atoms with Crippen molar-refractivity contribution in [2.45, 2.75) is 116 Å². The molecule has 162 valence electrons. The van der Waals surface area contributed by atoms with Crippen molar-refractivity contribution in [1.29, 1.82) is 0 Å². The van der Waals surface area contributed by atoms with E-state index in [1.807, 2.05) is 6.07 Å². The summed E-state index contributed by atoms with van der Waals surface area (Å²) in [5, 5.41) is 0. The number of ether oxygens (including phenoxy) is 2. The molecule has 0 aromatic heterocycles. The Morgan fingerprint density at radius 3 is 1.71 bits per heavy atom. The number of hydrogen-bond donors (Lipinski definition) is 0. The largest absolute Gasteiger partial charge is 0.379 e. The summed E-state index contributed by atoms with van der Waals surface area (Å²) in [6.07, 6.45) is 19.7.